The third-order valence-electron chi connectivity index (χ3n) is 5.75. The number of hydrogen-bond donors (Lipinski definition) is 1. The summed E-state index contributed by atoms with van der Waals surface area (Å²) in [4.78, 5) is 20.8. The molecule has 182 valence electrons. The van der Waals surface area contributed by atoms with Gasteiger partial charge in [-0.05, 0) is 75.5 Å². The fourth-order valence-corrected chi connectivity index (χ4v) is 4.49. The van der Waals surface area contributed by atoms with E-state index in [1.54, 1.807) is 4.90 Å². The van der Waals surface area contributed by atoms with Crippen LogP contribution in [0, 0.1) is 0 Å². The van der Waals surface area contributed by atoms with E-state index in [0.29, 0.717) is 17.6 Å². The highest BCUT2D eigenvalue weighted by molar-refractivity contribution is 9.10. The highest BCUT2D eigenvalue weighted by Crippen LogP contribution is 2.40. The molecule has 4 rings (SSSR count). The molecule has 8 nitrogen and oxygen atoms in total. The molecule has 3 heterocycles. The number of carbonyl (C=O) groups is 1. The first-order valence-electron chi connectivity index (χ1n) is 10.8. The number of halogens is 3. The molecule has 1 amide bonds. The molecule has 2 saturated heterocycles. The lowest BCUT2D eigenvalue weighted by atomic mass is 10.1. The summed E-state index contributed by atoms with van der Waals surface area (Å²) in [5, 5.41) is 9.77. The number of ether oxygens (including phenoxy) is 2. The lowest BCUT2D eigenvalue weighted by Gasteiger charge is -2.40. The topological polar surface area (TPSA) is 88.3 Å². The van der Waals surface area contributed by atoms with E-state index in [0.717, 1.165) is 26.7 Å². The molecule has 2 bridgehead atoms. The van der Waals surface area contributed by atoms with Crippen molar-refractivity contribution in [2.45, 2.75) is 76.9 Å². The van der Waals surface area contributed by atoms with Crippen LogP contribution < -0.4 is 9.64 Å². The normalized spacial score (nSPS) is 21.6. The fraction of sp³-hybridized carbons (Fsp3) is 0.636. The number of fused-ring (bicyclic) bond motifs is 3. The molecule has 0 radical (unpaired) electrons. The number of rotatable bonds is 4. The van der Waals surface area contributed by atoms with Crippen LogP contribution in [-0.4, -0.2) is 63.6 Å². The predicted molar refractivity (Wildman–Crippen MR) is 121 cm³/mol. The van der Waals surface area contributed by atoms with E-state index in [1.807, 2.05) is 25.7 Å². The lowest BCUT2D eigenvalue weighted by Crippen LogP contribution is -2.56. The molecular formula is C22H28BrF2N3O5. The van der Waals surface area contributed by atoms with Gasteiger partial charge in [0.15, 0.2) is 22.5 Å². The van der Waals surface area contributed by atoms with Crippen LogP contribution in [0.25, 0.3) is 11.1 Å². The SMILES string of the molecule is CC(C)(C)OC(=O)N1C2CCC1CN(c1nc3c(OC(F)(F)C(C)(C)O)ccc(Br)c3o1)C2. The van der Waals surface area contributed by atoms with Gasteiger partial charge in [-0.25, -0.2) is 4.79 Å². The van der Waals surface area contributed by atoms with Gasteiger partial charge in [0.25, 0.3) is 6.01 Å². The number of hydrogen-bond acceptors (Lipinski definition) is 7. The Kier molecular flexibility index (Phi) is 5.80. The Bertz CT molecular complexity index is 1050. The minimum Gasteiger partial charge on any atom is -0.444 e. The summed E-state index contributed by atoms with van der Waals surface area (Å²) < 4.78 is 45.6. The predicted octanol–water partition coefficient (Wildman–Crippen LogP) is 4.92. The zero-order valence-electron chi connectivity index (χ0n) is 19.2. The summed E-state index contributed by atoms with van der Waals surface area (Å²) in [6, 6.07) is 3.01. The van der Waals surface area contributed by atoms with Gasteiger partial charge in [-0.3, -0.25) is 4.90 Å². The number of oxazole rings is 1. The summed E-state index contributed by atoms with van der Waals surface area (Å²) in [5.74, 6) is -0.203. The van der Waals surface area contributed by atoms with Crippen LogP contribution >= 0.6 is 15.9 Å². The third-order valence-corrected chi connectivity index (χ3v) is 6.38. The van der Waals surface area contributed by atoms with Crippen LogP contribution in [0.1, 0.15) is 47.5 Å². The molecule has 1 aromatic carbocycles. The summed E-state index contributed by atoms with van der Waals surface area (Å²) in [6.07, 6.45) is -2.52. The maximum absolute atomic E-state index is 14.4. The van der Waals surface area contributed by atoms with Crippen molar-refractivity contribution in [1.29, 1.82) is 0 Å². The largest absolute Gasteiger partial charge is 0.444 e. The van der Waals surface area contributed by atoms with Gasteiger partial charge < -0.3 is 23.9 Å². The average Bonchev–Trinajstić information content (AvgIpc) is 3.22. The van der Waals surface area contributed by atoms with Crippen LogP contribution in [0.2, 0.25) is 0 Å². The molecule has 2 aliphatic rings. The maximum Gasteiger partial charge on any atom is 0.426 e. The molecule has 2 unspecified atom stereocenters. The highest BCUT2D eigenvalue weighted by atomic mass is 79.9. The quantitative estimate of drug-likeness (QED) is 0.598. The van der Waals surface area contributed by atoms with Gasteiger partial charge in [0.05, 0.1) is 16.6 Å². The van der Waals surface area contributed by atoms with Crippen molar-refractivity contribution in [3.63, 3.8) is 0 Å². The Labute approximate surface area is 198 Å². The van der Waals surface area contributed by atoms with E-state index in [2.05, 4.69) is 20.9 Å². The van der Waals surface area contributed by atoms with E-state index in [-0.39, 0.29) is 41.0 Å². The number of nitrogens with zero attached hydrogens (tertiary/aromatic N) is 3. The smallest absolute Gasteiger partial charge is 0.426 e. The number of aromatic nitrogens is 1. The number of amides is 1. The first-order valence-corrected chi connectivity index (χ1v) is 11.6. The minimum absolute atomic E-state index is 0.0627. The first-order chi connectivity index (χ1) is 15.2. The lowest BCUT2D eigenvalue weighted by molar-refractivity contribution is -0.275. The summed E-state index contributed by atoms with van der Waals surface area (Å²) >= 11 is 3.37. The van der Waals surface area contributed by atoms with Gasteiger partial charge in [0, 0.05) is 13.1 Å². The van der Waals surface area contributed by atoms with Gasteiger partial charge in [0.1, 0.15) is 5.60 Å². The monoisotopic (exact) mass is 531 g/mol. The fourth-order valence-electron chi connectivity index (χ4n) is 4.09. The number of benzene rings is 1. The molecule has 2 aromatic rings. The van der Waals surface area contributed by atoms with Crippen molar-refractivity contribution in [2.24, 2.45) is 0 Å². The van der Waals surface area contributed by atoms with E-state index < -0.39 is 17.3 Å². The van der Waals surface area contributed by atoms with Crippen molar-refractivity contribution < 1.29 is 32.6 Å². The number of alkyl halides is 2. The molecule has 1 aromatic heterocycles. The van der Waals surface area contributed by atoms with Crippen LogP contribution in [-0.2, 0) is 4.74 Å². The second kappa shape index (κ2) is 7.97. The number of aliphatic hydroxyl groups is 1. The Morgan fingerprint density at radius 1 is 1.18 bits per heavy atom. The zero-order chi connectivity index (χ0) is 24.3. The van der Waals surface area contributed by atoms with Gasteiger partial charge in [-0.2, -0.15) is 13.8 Å². The van der Waals surface area contributed by atoms with Gasteiger partial charge >= 0.3 is 12.2 Å². The molecular weight excluding hydrogens is 504 g/mol. The van der Waals surface area contributed by atoms with E-state index in [1.165, 1.54) is 12.1 Å². The number of carbonyl (C=O) groups excluding carboxylic acids is 1. The molecule has 0 spiro atoms. The third kappa shape index (κ3) is 4.62. The molecule has 2 aliphatic heterocycles. The average molecular weight is 532 g/mol. The van der Waals surface area contributed by atoms with E-state index in [4.69, 9.17) is 13.9 Å². The van der Waals surface area contributed by atoms with Crippen molar-refractivity contribution in [3.05, 3.63) is 16.6 Å². The molecule has 0 aliphatic carbocycles. The second-order valence-corrected chi connectivity index (χ2v) is 10.9. The van der Waals surface area contributed by atoms with Crippen molar-refractivity contribution in [2.75, 3.05) is 18.0 Å². The Balaban J connectivity index is 1.59. The summed E-state index contributed by atoms with van der Waals surface area (Å²) in [5.41, 5.74) is -2.60. The van der Waals surface area contributed by atoms with Gasteiger partial charge in [0.2, 0.25) is 0 Å². The first kappa shape index (κ1) is 24.0. The summed E-state index contributed by atoms with van der Waals surface area (Å²) in [6.45, 7) is 8.40. The van der Waals surface area contributed by atoms with Gasteiger partial charge in [-0.1, -0.05) is 0 Å². The van der Waals surface area contributed by atoms with Crippen LogP contribution in [0.3, 0.4) is 0 Å². The van der Waals surface area contributed by atoms with Crippen LogP contribution in [0.5, 0.6) is 5.75 Å². The Hall–Kier alpha value is -2.14. The van der Waals surface area contributed by atoms with Crippen molar-refractivity contribution in [3.8, 4) is 5.75 Å². The summed E-state index contributed by atoms with van der Waals surface area (Å²) in [7, 11) is 0. The van der Waals surface area contributed by atoms with E-state index >= 15 is 0 Å². The Morgan fingerprint density at radius 3 is 2.33 bits per heavy atom. The molecule has 33 heavy (non-hydrogen) atoms. The minimum atomic E-state index is -3.84. The molecule has 0 saturated carbocycles. The molecule has 1 N–H and O–H groups in total. The van der Waals surface area contributed by atoms with Crippen LogP contribution in [0.4, 0.5) is 19.6 Å². The number of piperazine rings is 1. The van der Waals surface area contributed by atoms with Crippen molar-refractivity contribution in [1.82, 2.24) is 9.88 Å². The van der Waals surface area contributed by atoms with Crippen LogP contribution in [0.15, 0.2) is 21.0 Å². The van der Waals surface area contributed by atoms with Crippen molar-refractivity contribution >= 4 is 39.1 Å². The molecule has 2 fully saturated rings. The van der Waals surface area contributed by atoms with Gasteiger partial charge in [-0.15, -0.1) is 0 Å². The molecule has 11 heteroatoms. The maximum atomic E-state index is 14.4. The molecule has 2 atom stereocenters. The highest BCUT2D eigenvalue weighted by Gasteiger charge is 2.49. The zero-order valence-corrected chi connectivity index (χ0v) is 20.8. The Morgan fingerprint density at radius 2 is 1.79 bits per heavy atom. The number of anilines is 1. The second-order valence-electron chi connectivity index (χ2n) is 10.1. The standard InChI is InChI=1S/C22H28BrF2N3O5/c1-20(2,3)33-19(29)28-12-6-7-13(28)11-27(10-12)18-26-16-15(9-8-14(23)17(16)31-18)32-22(24,25)21(4,5)30/h8-9,12-13,30H,6-7,10-11H2,1-5H3. The van der Waals surface area contributed by atoms with E-state index in [9.17, 15) is 18.7 Å².